The summed E-state index contributed by atoms with van der Waals surface area (Å²) in [6.45, 7) is 0. The predicted octanol–water partition coefficient (Wildman–Crippen LogP) is 0.167. The van der Waals surface area contributed by atoms with Gasteiger partial charge in [0.05, 0.1) is 6.42 Å². The summed E-state index contributed by atoms with van der Waals surface area (Å²) in [6.07, 6.45) is 3.33. The quantitative estimate of drug-likeness (QED) is 0.802. The fraction of sp³-hybridized carbons (Fsp3) is 0.467. The Morgan fingerprint density at radius 1 is 1.32 bits per heavy atom. The van der Waals surface area contributed by atoms with Crippen molar-refractivity contribution >= 4 is 23.4 Å². The van der Waals surface area contributed by atoms with Crippen LogP contribution < -0.4 is 10.2 Å². The Hall–Kier alpha value is -2.44. The number of imide groups is 1. The van der Waals surface area contributed by atoms with Crippen LogP contribution in [0.4, 0.5) is 5.69 Å². The summed E-state index contributed by atoms with van der Waals surface area (Å²) >= 11 is 0. The molecule has 1 atom stereocenters. The van der Waals surface area contributed by atoms with E-state index in [1.807, 2.05) is 25.1 Å². The molecule has 7 heteroatoms. The van der Waals surface area contributed by atoms with Crippen LogP contribution >= 0.6 is 0 Å². The molecular formula is C15H18N4O3. The molecule has 7 nitrogen and oxygen atoms in total. The van der Waals surface area contributed by atoms with Crippen LogP contribution in [0.3, 0.4) is 0 Å². The van der Waals surface area contributed by atoms with E-state index in [4.69, 9.17) is 0 Å². The molecule has 0 unspecified atom stereocenters. The van der Waals surface area contributed by atoms with Crippen molar-refractivity contribution in [3.05, 3.63) is 24.0 Å². The lowest BCUT2D eigenvalue weighted by Gasteiger charge is -2.26. The second-order valence-corrected chi connectivity index (χ2v) is 5.87. The Balaban J connectivity index is 1.89. The van der Waals surface area contributed by atoms with Crippen LogP contribution in [-0.2, 0) is 9.59 Å². The van der Waals surface area contributed by atoms with Gasteiger partial charge in [0.1, 0.15) is 11.7 Å². The summed E-state index contributed by atoms with van der Waals surface area (Å²) in [7, 11) is 3.76. The lowest BCUT2D eigenvalue weighted by molar-refractivity contribution is -0.126. The second kappa shape index (κ2) is 5.40. The SMILES string of the molecule is CN(C)c1ccnc(C(=O)N(C2CC2)[C@H]2CC(=O)NC2=O)c1. The van der Waals surface area contributed by atoms with Gasteiger partial charge in [-0.1, -0.05) is 0 Å². The standard InChI is InChI=1S/C15H18N4O3/c1-18(2)10-5-6-16-11(7-10)15(22)19(9-3-4-9)12-8-13(20)17-14(12)21/h5-7,9,12H,3-4,8H2,1-2H3,(H,17,20,21)/t12-/m0/s1. The maximum atomic E-state index is 12.8. The van der Waals surface area contributed by atoms with Gasteiger partial charge in [-0.15, -0.1) is 0 Å². The Labute approximate surface area is 128 Å². The molecule has 2 heterocycles. The number of anilines is 1. The van der Waals surface area contributed by atoms with E-state index >= 15 is 0 Å². The second-order valence-electron chi connectivity index (χ2n) is 5.87. The zero-order valence-corrected chi connectivity index (χ0v) is 12.6. The van der Waals surface area contributed by atoms with Crippen molar-refractivity contribution in [2.24, 2.45) is 0 Å². The van der Waals surface area contributed by atoms with Gasteiger partial charge in [0.15, 0.2) is 0 Å². The molecule has 3 rings (SSSR count). The Morgan fingerprint density at radius 2 is 2.05 bits per heavy atom. The number of amides is 3. The third kappa shape index (κ3) is 2.66. The van der Waals surface area contributed by atoms with E-state index in [1.165, 1.54) is 4.90 Å². The molecule has 3 amide bonds. The third-order valence-corrected chi connectivity index (χ3v) is 3.93. The van der Waals surface area contributed by atoms with Gasteiger partial charge < -0.3 is 9.80 Å². The van der Waals surface area contributed by atoms with Gasteiger partial charge in [-0.3, -0.25) is 24.7 Å². The van der Waals surface area contributed by atoms with E-state index in [0.717, 1.165) is 18.5 Å². The molecule has 0 spiro atoms. The van der Waals surface area contributed by atoms with Gasteiger partial charge in [-0.05, 0) is 25.0 Å². The first-order valence-corrected chi connectivity index (χ1v) is 7.27. The van der Waals surface area contributed by atoms with Gasteiger partial charge in [0.25, 0.3) is 5.91 Å². The van der Waals surface area contributed by atoms with Crippen molar-refractivity contribution in [2.75, 3.05) is 19.0 Å². The van der Waals surface area contributed by atoms with Crippen LogP contribution in [-0.4, -0.2) is 53.8 Å². The molecule has 2 aliphatic rings. The number of nitrogens with one attached hydrogen (secondary N) is 1. The number of hydrogen-bond acceptors (Lipinski definition) is 5. The van der Waals surface area contributed by atoms with Crippen molar-refractivity contribution in [1.82, 2.24) is 15.2 Å². The zero-order chi connectivity index (χ0) is 15.9. The van der Waals surface area contributed by atoms with Crippen LogP contribution in [0.1, 0.15) is 29.8 Å². The smallest absolute Gasteiger partial charge is 0.273 e. The van der Waals surface area contributed by atoms with Crippen LogP contribution in [0.15, 0.2) is 18.3 Å². The van der Waals surface area contributed by atoms with Gasteiger partial charge in [-0.2, -0.15) is 0 Å². The number of carbonyl (C=O) groups excluding carboxylic acids is 3. The van der Waals surface area contributed by atoms with Gasteiger partial charge in [0, 0.05) is 32.0 Å². The highest BCUT2D eigenvalue weighted by Gasteiger charge is 2.45. The number of hydrogen-bond donors (Lipinski definition) is 1. The lowest BCUT2D eigenvalue weighted by atomic mass is 10.1. The molecule has 0 radical (unpaired) electrons. The number of nitrogens with zero attached hydrogens (tertiary/aromatic N) is 3. The summed E-state index contributed by atoms with van der Waals surface area (Å²) in [5.41, 5.74) is 1.16. The van der Waals surface area contributed by atoms with Gasteiger partial charge in [0.2, 0.25) is 11.8 Å². The molecule has 1 aliphatic carbocycles. The maximum Gasteiger partial charge on any atom is 0.273 e. The molecule has 1 N–H and O–H groups in total. The van der Waals surface area contributed by atoms with Crippen LogP contribution in [0.5, 0.6) is 0 Å². The largest absolute Gasteiger partial charge is 0.378 e. The minimum absolute atomic E-state index is 0.0268. The summed E-state index contributed by atoms with van der Waals surface area (Å²) in [5.74, 6) is -1.02. The van der Waals surface area contributed by atoms with E-state index in [-0.39, 0.29) is 24.3 Å². The Bertz CT molecular complexity index is 639. The van der Waals surface area contributed by atoms with Crippen molar-refractivity contribution in [2.45, 2.75) is 31.3 Å². The van der Waals surface area contributed by atoms with E-state index in [2.05, 4.69) is 10.3 Å². The van der Waals surface area contributed by atoms with Gasteiger partial charge in [-0.25, -0.2) is 0 Å². The zero-order valence-electron chi connectivity index (χ0n) is 12.6. The first-order valence-electron chi connectivity index (χ1n) is 7.27. The molecular weight excluding hydrogens is 284 g/mol. The fourth-order valence-corrected chi connectivity index (χ4v) is 2.63. The number of carbonyl (C=O) groups is 3. The maximum absolute atomic E-state index is 12.8. The molecule has 1 saturated carbocycles. The summed E-state index contributed by atoms with van der Waals surface area (Å²) in [5, 5.41) is 2.27. The number of rotatable bonds is 4. The van der Waals surface area contributed by atoms with Crippen molar-refractivity contribution in [1.29, 1.82) is 0 Å². The number of pyridine rings is 1. The highest BCUT2D eigenvalue weighted by molar-refractivity contribution is 6.08. The molecule has 1 aromatic heterocycles. The van der Waals surface area contributed by atoms with E-state index in [0.29, 0.717) is 5.69 Å². The molecule has 1 aliphatic heterocycles. The van der Waals surface area contributed by atoms with E-state index in [1.54, 1.807) is 12.3 Å². The molecule has 116 valence electrons. The molecule has 22 heavy (non-hydrogen) atoms. The van der Waals surface area contributed by atoms with Crippen molar-refractivity contribution in [3.63, 3.8) is 0 Å². The van der Waals surface area contributed by atoms with Gasteiger partial charge >= 0.3 is 0 Å². The lowest BCUT2D eigenvalue weighted by Crippen LogP contribution is -2.46. The average molecular weight is 302 g/mol. The van der Waals surface area contributed by atoms with Crippen LogP contribution in [0, 0.1) is 0 Å². The summed E-state index contributed by atoms with van der Waals surface area (Å²) in [4.78, 5) is 43.7. The van der Waals surface area contributed by atoms with E-state index in [9.17, 15) is 14.4 Å². The van der Waals surface area contributed by atoms with Crippen LogP contribution in [0.2, 0.25) is 0 Å². The van der Waals surface area contributed by atoms with Crippen molar-refractivity contribution in [3.8, 4) is 0 Å². The molecule has 2 fully saturated rings. The first kappa shape index (κ1) is 14.5. The highest BCUT2D eigenvalue weighted by atomic mass is 16.2. The normalized spacial score (nSPS) is 20.7. The van der Waals surface area contributed by atoms with E-state index < -0.39 is 11.9 Å². The monoisotopic (exact) mass is 302 g/mol. The minimum atomic E-state index is -0.711. The molecule has 1 aromatic rings. The molecule has 1 saturated heterocycles. The number of aromatic nitrogens is 1. The predicted molar refractivity (Wildman–Crippen MR) is 79.3 cm³/mol. The Kier molecular flexibility index (Phi) is 3.56. The Morgan fingerprint density at radius 3 is 2.59 bits per heavy atom. The third-order valence-electron chi connectivity index (χ3n) is 3.93. The average Bonchev–Trinajstić information content (AvgIpc) is 3.25. The molecule has 0 bridgehead atoms. The minimum Gasteiger partial charge on any atom is -0.378 e. The summed E-state index contributed by atoms with van der Waals surface area (Å²) in [6, 6.07) is 2.83. The van der Waals surface area contributed by atoms with Crippen molar-refractivity contribution < 1.29 is 14.4 Å². The fourth-order valence-electron chi connectivity index (χ4n) is 2.63. The topological polar surface area (TPSA) is 82.6 Å². The summed E-state index contributed by atoms with van der Waals surface area (Å²) < 4.78 is 0. The highest BCUT2D eigenvalue weighted by Crippen LogP contribution is 2.32. The molecule has 0 aromatic carbocycles. The first-order chi connectivity index (χ1) is 10.5. The van der Waals surface area contributed by atoms with Crippen LogP contribution in [0.25, 0.3) is 0 Å².